The van der Waals surface area contributed by atoms with Crippen molar-refractivity contribution in [2.75, 3.05) is 20.3 Å². The van der Waals surface area contributed by atoms with E-state index in [2.05, 4.69) is 15.0 Å². The average Bonchev–Trinajstić information content (AvgIpc) is 3.42. The van der Waals surface area contributed by atoms with Crippen LogP contribution in [0.25, 0.3) is 16.9 Å². The van der Waals surface area contributed by atoms with Crippen LogP contribution in [-0.4, -0.2) is 49.7 Å². The molecule has 0 saturated carbocycles. The van der Waals surface area contributed by atoms with E-state index < -0.39 is 10.0 Å². The topological polar surface area (TPSA) is 126 Å². The van der Waals surface area contributed by atoms with Gasteiger partial charge in [-0.1, -0.05) is 5.16 Å². The van der Waals surface area contributed by atoms with Gasteiger partial charge in [0.1, 0.15) is 22.0 Å². The van der Waals surface area contributed by atoms with E-state index in [-0.39, 0.29) is 28.9 Å². The number of hydrogen-bond acceptors (Lipinski definition) is 8. The molecule has 2 aromatic heterocycles. The lowest BCUT2D eigenvalue weighted by Crippen LogP contribution is -2.32. The molecule has 11 heteroatoms. The van der Waals surface area contributed by atoms with E-state index in [0.29, 0.717) is 35.0 Å². The summed E-state index contributed by atoms with van der Waals surface area (Å²) in [7, 11) is -2.47. The third-order valence-corrected chi connectivity index (χ3v) is 6.73. The highest BCUT2D eigenvalue weighted by Gasteiger charge is 2.24. The number of aromatic nitrogens is 3. The number of ether oxygens (including phenoxy) is 2. The second-order valence-electron chi connectivity index (χ2n) is 7.49. The smallest absolute Gasteiger partial charge is 0.271 e. The van der Waals surface area contributed by atoms with Gasteiger partial charge in [-0.25, -0.2) is 13.1 Å². The van der Waals surface area contributed by atoms with Crippen LogP contribution < -0.4 is 15.0 Å². The summed E-state index contributed by atoms with van der Waals surface area (Å²) in [5, 5.41) is 8.29. The van der Waals surface area contributed by atoms with Crippen LogP contribution in [0.15, 0.2) is 44.5 Å². The molecule has 1 aliphatic rings. The first-order chi connectivity index (χ1) is 15.3. The summed E-state index contributed by atoms with van der Waals surface area (Å²) in [6.07, 6.45) is 1.59. The minimum atomic E-state index is -3.87. The van der Waals surface area contributed by atoms with Crippen molar-refractivity contribution in [2.45, 2.75) is 37.7 Å². The average molecular weight is 461 g/mol. The van der Waals surface area contributed by atoms with Crippen molar-refractivity contribution >= 4 is 10.0 Å². The molecule has 0 aliphatic carbocycles. The van der Waals surface area contributed by atoms with E-state index in [9.17, 15) is 13.2 Å². The Hall–Kier alpha value is -3.02. The SMILES string of the molecule is COc1ccc(-c2ccc(=O)n(-c3c(C)noc3C)n2)cc1S(=O)(=O)NC[C@@H]1CCCO1. The number of methoxy groups -OCH3 is 1. The molecule has 170 valence electrons. The quantitative estimate of drug-likeness (QED) is 0.567. The van der Waals surface area contributed by atoms with Gasteiger partial charge in [0.2, 0.25) is 10.0 Å². The van der Waals surface area contributed by atoms with E-state index in [1.807, 2.05) is 0 Å². The molecule has 0 unspecified atom stereocenters. The maximum absolute atomic E-state index is 13.0. The predicted octanol–water partition coefficient (Wildman–Crippen LogP) is 1.97. The summed E-state index contributed by atoms with van der Waals surface area (Å²) in [5.41, 5.74) is 1.52. The Bertz CT molecular complexity index is 1270. The van der Waals surface area contributed by atoms with Crippen molar-refractivity contribution in [3.8, 4) is 22.7 Å². The zero-order chi connectivity index (χ0) is 22.9. The summed E-state index contributed by atoms with van der Waals surface area (Å²) in [4.78, 5) is 12.4. The number of nitrogens with one attached hydrogen (secondary N) is 1. The first-order valence-corrected chi connectivity index (χ1v) is 11.6. The lowest BCUT2D eigenvalue weighted by Gasteiger charge is -2.15. The molecule has 1 saturated heterocycles. The number of nitrogens with zero attached hydrogens (tertiary/aromatic N) is 3. The van der Waals surface area contributed by atoms with Crippen LogP contribution in [0.2, 0.25) is 0 Å². The van der Waals surface area contributed by atoms with Crippen molar-refractivity contribution in [3.63, 3.8) is 0 Å². The molecule has 0 radical (unpaired) electrons. The molecule has 1 atom stereocenters. The largest absolute Gasteiger partial charge is 0.495 e. The van der Waals surface area contributed by atoms with Gasteiger partial charge in [-0.05, 0) is 51.0 Å². The lowest BCUT2D eigenvalue weighted by molar-refractivity contribution is 0.114. The van der Waals surface area contributed by atoms with E-state index in [1.54, 1.807) is 26.0 Å². The van der Waals surface area contributed by atoms with Crippen LogP contribution in [0, 0.1) is 13.8 Å². The third kappa shape index (κ3) is 4.31. The molecule has 4 rings (SSSR count). The van der Waals surface area contributed by atoms with E-state index in [1.165, 1.54) is 30.0 Å². The highest BCUT2D eigenvalue weighted by atomic mass is 32.2. The molecule has 3 aromatic rings. The second-order valence-corrected chi connectivity index (χ2v) is 9.23. The van der Waals surface area contributed by atoms with Crippen LogP contribution in [0.5, 0.6) is 5.75 Å². The predicted molar refractivity (Wildman–Crippen MR) is 116 cm³/mol. The van der Waals surface area contributed by atoms with Gasteiger partial charge in [-0.15, -0.1) is 0 Å². The summed E-state index contributed by atoms with van der Waals surface area (Å²) in [6, 6.07) is 7.61. The first-order valence-electron chi connectivity index (χ1n) is 10.1. The molecular weight excluding hydrogens is 436 g/mol. The van der Waals surface area contributed by atoms with Gasteiger partial charge < -0.3 is 14.0 Å². The molecule has 3 heterocycles. The molecule has 1 fully saturated rings. The third-order valence-electron chi connectivity index (χ3n) is 5.28. The molecular formula is C21H24N4O6S. The molecule has 1 aromatic carbocycles. The van der Waals surface area contributed by atoms with Crippen LogP contribution in [0.4, 0.5) is 0 Å². The summed E-state index contributed by atoms with van der Waals surface area (Å²) >= 11 is 0. The van der Waals surface area contributed by atoms with Crippen molar-refractivity contribution < 1.29 is 22.4 Å². The van der Waals surface area contributed by atoms with Gasteiger partial charge in [0, 0.05) is 24.8 Å². The van der Waals surface area contributed by atoms with Gasteiger partial charge >= 0.3 is 0 Å². The highest BCUT2D eigenvalue weighted by Crippen LogP contribution is 2.29. The van der Waals surface area contributed by atoms with Gasteiger partial charge in [-0.2, -0.15) is 9.78 Å². The Labute approximate surface area is 185 Å². The molecule has 1 aliphatic heterocycles. The fourth-order valence-electron chi connectivity index (χ4n) is 3.64. The normalized spacial score (nSPS) is 16.4. The Morgan fingerprint density at radius 1 is 1.25 bits per heavy atom. The van der Waals surface area contributed by atoms with Crippen molar-refractivity contribution in [3.05, 3.63) is 52.1 Å². The number of rotatable bonds is 7. The number of hydrogen-bond donors (Lipinski definition) is 1. The van der Waals surface area contributed by atoms with E-state index in [0.717, 1.165) is 12.8 Å². The summed E-state index contributed by atoms with van der Waals surface area (Å²) in [6.45, 7) is 4.22. The van der Waals surface area contributed by atoms with Crippen molar-refractivity contribution in [2.24, 2.45) is 0 Å². The Kier molecular flexibility index (Phi) is 6.13. The Morgan fingerprint density at radius 2 is 2.06 bits per heavy atom. The van der Waals surface area contributed by atoms with Gasteiger partial charge in [-0.3, -0.25) is 4.79 Å². The highest BCUT2D eigenvalue weighted by molar-refractivity contribution is 7.89. The number of aryl methyl sites for hydroxylation is 2. The first kappa shape index (κ1) is 22.2. The van der Waals surface area contributed by atoms with Crippen molar-refractivity contribution in [1.29, 1.82) is 0 Å². The summed E-state index contributed by atoms with van der Waals surface area (Å²) < 4.78 is 45.7. The number of sulfonamides is 1. The maximum atomic E-state index is 13.0. The van der Waals surface area contributed by atoms with Crippen molar-refractivity contribution in [1.82, 2.24) is 19.7 Å². The van der Waals surface area contributed by atoms with E-state index >= 15 is 0 Å². The second kappa shape index (κ2) is 8.85. The zero-order valence-electron chi connectivity index (χ0n) is 18.0. The van der Waals surface area contributed by atoms with Crippen LogP contribution in [0.1, 0.15) is 24.3 Å². The molecule has 0 spiro atoms. The number of benzene rings is 1. The molecule has 10 nitrogen and oxygen atoms in total. The van der Waals surface area contributed by atoms with Crippen LogP contribution >= 0.6 is 0 Å². The fourth-order valence-corrected chi connectivity index (χ4v) is 4.90. The minimum absolute atomic E-state index is 0.0209. The minimum Gasteiger partial charge on any atom is -0.495 e. The van der Waals surface area contributed by atoms with Gasteiger partial charge in [0.05, 0.1) is 18.9 Å². The Morgan fingerprint density at radius 3 is 2.72 bits per heavy atom. The molecule has 0 bridgehead atoms. The molecule has 32 heavy (non-hydrogen) atoms. The van der Waals surface area contributed by atoms with Crippen LogP contribution in [-0.2, 0) is 14.8 Å². The lowest BCUT2D eigenvalue weighted by atomic mass is 10.1. The van der Waals surface area contributed by atoms with Crippen LogP contribution in [0.3, 0.4) is 0 Å². The van der Waals surface area contributed by atoms with E-state index in [4.69, 9.17) is 14.0 Å². The summed E-state index contributed by atoms with van der Waals surface area (Å²) in [5.74, 6) is 0.651. The standard InChI is InChI=1S/C21H24N4O6S/c1-13-21(14(2)31-24-13)25-20(26)9-7-17(23-25)15-6-8-18(29-3)19(11-15)32(27,28)22-12-16-5-4-10-30-16/h6-9,11,16,22H,4-5,10,12H2,1-3H3/t16-/m0/s1. The fraction of sp³-hybridized carbons (Fsp3) is 0.381. The zero-order valence-corrected chi connectivity index (χ0v) is 18.8. The molecule has 0 amide bonds. The monoisotopic (exact) mass is 460 g/mol. The van der Waals surface area contributed by atoms with Gasteiger partial charge in [0.15, 0.2) is 5.76 Å². The molecule has 1 N–H and O–H groups in total. The Balaban J connectivity index is 1.72. The van der Waals surface area contributed by atoms with Gasteiger partial charge in [0.25, 0.3) is 5.56 Å². The maximum Gasteiger partial charge on any atom is 0.271 e.